The Labute approximate surface area is 261 Å². The summed E-state index contributed by atoms with van der Waals surface area (Å²) in [5.41, 5.74) is -3.52. The lowest BCUT2D eigenvalue weighted by Crippen LogP contribution is -2.83. The maximum absolute atomic E-state index is 13.2. The predicted molar refractivity (Wildman–Crippen MR) is 170 cm³/mol. The van der Waals surface area contributed by atoms with Crippen molar-refractivity contribution in [2.45, 2.75) is 61.0 Å². The van der Waals surface area contributed by atoms with Crippen molar-refractivity contribution in [3.63, 3.8) is 0 Å². The maximum Gasteiger partial charge on any atom is 0.190 e. The minimum Gasteiger partial charge on any atom is -0.390 e. The average molecular weight is 648 g/mol. The minimum absolute atomic E-state index is 0.0667. The molecular weight excluding hydrogens is 608 g/mol. The maximum atomic E-state index is 13.2. The van der Waals surface area contributed by atoms with Crippen molar-refractivity contribution in [1.29, 1.82) is 0 Å². The van der Waals surface area contributed by atoms with Gasteiger partial charge in [0.2, 0.25) is 0 Å². The molecule has 1 saturated heterocycles. The van der Waals surface area contributed by atoms with Gasteiger partial charge in [-0.15, -0.1) is 0 Å². The smallest absolute Gasteiger partial charge is 0.190 e. The summed E-state index contributed by atoms with van der Waals surface area (Å²) < 4.78 is 12.6. The second kappa shape index (κ2) is 13.8. The zero-order valence-electron chi connectivity index (χ0n) is 24.0. The van der Waals surface area contributed by atoms with Crippen molar-refractivity contribution in [2.75, 3.05) is 11.9 Å². The van der Waals surface area contributed by atoms with Crippen LogP contribution in [0.3, 0.4) is 0 Å². The van der Waals surface area contributed by atoms with E-state index in [1.807, 2.05) is 121 Å². The standard InChI is InChI=1S/C36H39BrO6/c37-21-22-42-33-35(40,25-29-17-9-3-10-18-29)36(41,26-30-19-11-4-12-20-30)34(39,24-28-15-7-2-8-16-28)32(43-33)31(38)23-27-13-5-1-6-14-27/h1-20,31-33,38-41H,21-26H2/t31?,32-,33+,34+,35+,36+/m1/s1. The van der Waals surface area contributed by atoms with Gasteiger partial charge in [-0.25, -0.2) is 0 Å². The van der Waals surface area contributed by atoms with Crippen LogP contribution in [0.5, 0.6) is 0 Å². The first kappa shape index (κ1) is 31.5. The molecule has 0 aliphatic carbocycles. The highest BCUT2D eigenvalue weighted by molar-refractivity contribution is 9.09. The lowest BCUT2D eigenvalue weighted by atomic mass is 9.59. The van der Waals surface area contributed by atoms with Gasteiger partial charge in [-0.05, 0) is 22.3 Å². The van der Waals surface area contributed by atoms with E-state index in [1.54, 1.807) is 0 Å². The van der Waals surface area contributed by atoms with Crippen LogP contribution in [-0.4, -0.2) is 67.7 Å². The summed E-state index contributed by atoms with van der Waals surface area (Å²) in [5.74, 6) is 0. The predicted octanol–water partition coefficient (Wildman–Crippen LogP) is 4.65. The van der Waals surface area contributed by atoms with Crippen LogP contribution in [0, 0.1) is 0 Å². The summed E-state index contributed by atoms with van der Waals surface area (Å²) >= 11 is 3.39. The lowest BCUT2D eigenvalue weighted by Gasteiger charge is -2.62. The van der Waals surface area contributed by atoms with Gasteiger partial charge < -0.3 is 29.9 Å². The van der Waals surface area contributed by atoms with E-state index < -0.39 is 35.3 Å². The highest BCUT2D eigenvalue weighted by atomic mass is 79.9. The molecule has 0 aromatic heterocycles. The van der Waals surface area contributed by atoms with E-state index in [0.717, 1.165) is 16.7 Å². The number of alkyl halides is 1. The topological polar surface area (TPSA) is 99.4 Å². The fourth-order valence-corrected chi connectivity index (χ4v) is 6.54. The largest absolute Gasteiger partial charge is 0.390 e. The van der Waals surface area contributed by atoms with Gasteiger partial charge in [0.05, 0.1) is 12.7 Å². The molecule has 1 unspecified atom stereocenters. The van der Waals surface area contributed by atoms with Gasteiger partial charge in [0.1, 0.15) is 17.3 Å². The van der Waals surface area contributed by atoms with Gasteiger partial charge in [0.25, 0.3) is 0 Å². The number of halogens is 1. The minimum atomic E-state index is -2.25. The van der Waals surface area contributed by atoms with Crippen LogP contribution in [-0.2, 0) is 35.2 Å². The van der Waals surface area contributed by atoms with E-state index in [4.69, 9.17) is 9.47 Å². The Hall–Kier alpha value is -2.88. The molecule has 43 heavy (non-hydrogen) atoms. The summed E-state index contributed by atoms with van der Waals surface area (Å²) in [6, 6.07) is 37.3. The zero-order valence-corrected chi connectivity index (χ0v) is 25.6. The molecular formula is C36H39BrO6. The monoisotopic (exact) mass is 646 g/mol. The van der Waals surface area contributed by atoms with E-state index >= 15 is 0 Å². The molecule has 0 radical (unpaired) electrons. The normalized spacial score (nSPS) is 27.9. The van der Waals surface area contributed by atoms with Crippen molar-refractivity contribution in [3.8, 4) is 0 Å². The third-order valence-electron chi connectivity index (χ3n) is 8.48. The second-order valence-corrected chi connectivity index (χ2v) is 12.2. The Morgan fingerprint density at radius 1 is 0.628 bits per heavy atom. The Bertz CT molecular complexity index is 1410. The van der Waals surface area contributed by atoms with Gasteiger partial charge in [0, 0.05) is 31.0 Å². The molecule has 5 rings (SSSR count). The van der Waals surface area contributed by atoms with Crippen LogP contribution in [0.4, 0.5) is 0 Å². The van der Waals surface area contributed by atoms with Crippen molar-refractivity contribution >= 4 is 15.9 Å². The molecule has 1 aliphatic rings. The molecule has 1 heterocycles. The van der Waals surface area contributed by atoms with Crippen molar-refractivity contribution < 1.29 is 29.9 Å². The molecule has 4 aromatic carbocycles. The highest BCUT2D eigenvalue weighted by Gasteiger charge is 2.72. The Morgan fingerprint density at radius 3 is 1.51 bits per heavy atom. The van der Waals surface area contributed by atoms with Crippen molar-refractivity contribution in [2.24, 2.45) is 0 Å². The molecule has 0 saturated carbocycles. The second-order valence-electron chi connectivity index (χ2n) is 11.4. The summed E-state index contributed by atoms with van der Waals surface area (Å²) in [6.07, 6.45) is -4.05. The molecule has 7 heteroatoms. The molecule has 6 atom stereocenters. The summed E-state index contributed by atoms with van der Waals surface area (Å²) in [4.78, 5) is 0. The quantitative estimate of drug-likeness (QED) is 0.167. The van der Waals surface area contributed by atoms with E-state index in [2.05, 4.69) is 15.9 Å². The van der Waals surface area contributed by atoms with Gasteiger partial charge in [0.15, 0.2) is 11.9 Å². The summed E-state index contributed by atoms with van der Waals surface area (Å²) in [5, 5.41) is 51.3. The molecule has 4 aromatic rings. The van der Waals surface area contributed by atoms with E-state index in [0.29, 0.717) is 10.9 Å². The zero-order chi connectivity index (χ0) is 30.3. The van der Waals surface area contributed by atoms with Crippen LogP contribution in [0.2, 0.25) is 0 Å². The molecule has 0 spiro atoms. The van der Waals surface area contributed by atoms with Gasteiger partial charge in [-0.1, -0.05) is 137 Å². The first-order valence-electron chi connectivity index (χ1n) is 14.6. The first-order chi connectivity index (χ1) is 20.8. The Kier molecular flexibility index (Phi) is 10.1. The summed E-state index contributed by atoms with van der Waals surface area (Å²) in [7, 11) is 0. The number of aliphatic hydroxyl groups excluding tert-OH is 1. The number of benzene rings is 4. The van der Waals surface area contributed by atoms with E-state index in [1.165, 1.54) is 0 Å². The van der Waals surface area contributed by atoms with Gasteiger partial charge in [-0.2, -0.15) is 0 Å². The van der Waals surface area contributed by atoms with Crippen molar-refractivity contribution in [1.82, 2.24) is 0 Å². The van der Waals surface area contributed by atoms with Gasteiger partial charge in [-0.3, -0.25) is 0 Å². The van der Waals surface area contributed by atoms with Crippen LogP contribution >= 0.6 is 15.9 Å². The number of hydrogen-bond donors (Lipinski definition) is 4. The molecule has 0 amide bonds. The molecule has 6 nitrogen and oxygen atoms in total. The Morgan fingerprint density at radius 2 is 1.05 bits per heavy atom. The molecule has 0 bridgehead atoms. The Balaban J connectivity index is 1.69. The van der Waals surface area contributed by atoms with Crippen LogP contribution in [0.15, 0.2) is 121 Å². The third kappa shape index (κ3) is 6.64. The number of aliphatic hydroxyl groups is 4. The number of hydrogen-bond acceptors (Lipinski definition) is 6. The van der Waals surface area contributed by atoms with Crippen LogP contribution < -0.4 is 0 Å². The molecule has 1 fully saturated rings. The number of rotatable bonds is 12. The molecule has 4 N–H and O–H groups in total. The first-order valence-corrected chi connectivity index (χ1v) is 15.8. The third-order valence-corrected chi connectivity index (χ3v) is 8.81. The van der Waals surface area contributed by atoms with Crippen LogP contribution in [0.1, 0.15) is 22.3 Å². The lowest BCUT2D eigenvalue weighted by molar-refractivity contribution is -0.407. The molecule has 1 aliphatic heterocycles. The number of ether oxygens (including phenoxy) is 2. The van der Waals surface area contributed by atoms with Gasteiger partial charge >= 0.3 is 0 Å². The summed E-state index contributed by atoms with van der Waals surface area (Å²) in [6.45, 7) is 0.168. The highest BCUT2D eigenvalue weighted by Crippen LogP contribution is 2.51. The van der Waals surface area contributed by atoms with Crippen molar-refractivity contribution in [3.05, 3.63) is 144 Å². The average Bonchev–Trinajstić information content (AvgIpc) is 3.02. The fraction of sp³-hybridized carbons (Fsp3) is 0.333. The SMILES string of the molecule is OC(Cc1ccccc1)[C@H]1O[C@H](OCCBr)[C@@](O)(Cc2ccccc2)[C@](O)(Cc2ccccc2)[C@]1(O)Cc1ccccc1. The van der Waals surface area contributed by atoms with Crippen LogP contribution in [0.25, 0.3) is 0 Å². The molecule has 226 valence electrons. The van der Waals surface area contributed by atoms with E-state index in [-0.39, 0.29) is 32.3 Å². The van der Waals surface area contributed by atoms with E-state index in [9.17, 15) is 20.4 Å². The fourth-order valence-electron chi connectivity index (χ4n) is 6.35.